The van der Waals surface area contributed by atoms with Crippen molar-refractivity contribution in [1.82, 2.24) is 20.0 Å². The third-order valence-corrected chi connectivity index (χ3v) is 5.53. The monoisotopic (exact) mass is 375 g/mol. The van der Waals surface area contributed by atoms with E-state index in [1.54, 1.807) is 16.9 Å². The molecule has 1 aromatic rings. The van der Waals surface area contributed by atoms with Crippen LogP contribution < -0.4 is 10.6 Å². The molecule has 1 aliphatic heterocycles. The molecule has 2 aliphatic rings. The lowest BCUT2D eigenvalue weighted by atomic mass is 9.88. The summed E-state index contributed by atoms with van der Waals surface area (Å²) >= 11 is 0. The van der Waals surface area contributed by atoms with Crippen LogP contribution in [-0.4, -0.2) is 44.6 Å². The molecule has 1 saturated carbocycles. The number of rotatable bonds is 9. The second-order valence-electron chi connectivity index (χ2n) is 7.69. The highest BCUT2D eigenvalue weighted by Crippen LogP contribution is 2.40. The Balaban J connectivity index is 1.67. The van der Waals surface area contributed by atoms with Gasteiger partial charge in [0.05, 0.1) is 12.2 Å². The van der Waals surface area contributed by atoms with Crippen LogP contribution in [0.25, 0.3) is 0 Å². The molecule has 148 valence electrons. The summed E-state index contributed by atoms with van der Waals surface area (Å²) in [6, 6.07) is 1.46. The van der Waals surface area contributed by atoms with Crippen molar-refractivity contribution in [3.05, 3.63) is 12.3 Å². The molecule has 1 atom stereocenters. The Bertz CT molecular complexity index is 719. The predicted octanol–water partition coefficient (Wildman–Crippen LogP) is 2.68. The fourth-order valence-electron chi connectivity index (χ4n) is 3.98. The van der Waals surface area contributed by atoms with E-state index < -0.39 is 17.5 Å². The van der Waals surface area contributed by atoms with Gasteiger partial charge >= 0.3 is 6.03 Å². The van der Waals surface area contributed by atoms with Crippen molar-refractivity contribution in [3.63, 3.8) is 0 Å². The standard InChI is InChI=1S/C19H29N5O3/c1-4-9-19(10-5-2)17(26)23(18(27)22-19)12-16(25)21-15-8-11-20-24(15)13(3)14-6-7-14/h8,11,13-14H,4-7,9-10,12H2,1-3H3,(H,21,25)(H,22,27)/t13-/m0/s1. The van der Waals surface area contributed by atoms with Gasteiger partial charge in [-0.2, -0.15) is 5.10 Å². The van der Waals surface area contributed by atoms with Gasteiger partial charge in [0.15, 0.2) is 0 Å². The van der Waals surface area contributed by atoms with Gasteiger partial charge < -0.3 is 10.6 Å². The zero-order valence-electron chi connectivity index (χ0n) is 16.3. The zero-order chi connectivity index (χ0) is 19.6. The van der Waals surface area contributed by atoms with Crippen LogP contribution >= 0.6 is 0 Å². The molecular formula is C19H29N5O3. The van der Waals surface area contributed by atoms with Crippen molar-refractivity contribution in [2.24, 2.45) is 5.92 Å². The molecule has 0 aromatic carbocycles. The Labute approximate surface area is 159 Å². The molecule has 2 heterocycles. The number of amides is 4. The second-order valence-corrected chi connectivity index (χ2v) is 7.69. The number of hydrogen-bond donors (Lipinski definition) is 2. The summed E-state index contributed by atoms with van der Waals surface area (Å²) in [5, 5.41) is 9.93. The Hall–Kier alpha value is -2.38. The molecule has 0 bridgehead atoms. The summed E-state index contributed by atoms with van der Waals surface area (Å²) in [5.41, 5.74) is -0.872. The topological polar surface area (TPSA) is 96.3 Å². The number of anilines is 1. The van der Waals surface area contributed by atoms with Crippen molar-refractivity contribution in [2.45, 2.75) is 70.9 Å². The Morgan fingerprint density at radius 3 is 2.59 bits per heavy atom. The Morgan fingerprint density at radius 1 is 1.33 bits per heavy atom. The van der Waals surface area contributed by atoms with Crippen LogP contribution in [0.4, 0.5) is 10.6 Å². The maximum absolute atomic E-state index is 12.9. The van der Waals surface area contributed by atoms with E-state index in [4.69, 9.17) is 0 Å². The molecule has 1 aromatic heterocycles. The van der Waals surface area contributed by atoms with Gasteiger partial charge in [0.1, 0.15) is 17.9 Å². The number of carbonyl (C=O) groups excluding carboxylic acids is 3. The average Bonchev–Trinajstić information content (AvgIpc) is 3.33. The quantitative estimate of drug-likeness (QED) is 0.649. The highest BCUT2D eigenvalue weighted by Gasteiger charge is 2.50. The van der Waals surface area contributed by atoms with Gasteiger partial charge in [-0.3, -0.25) is 14.5 Å². The lowest BCUT2D eigenvalue weighted by Gasteiger charge is -2.25. The van der Waals surface area contributed by atoms with E-state index in [1.165, 1.54) is 12.8 Å². The molecule has 2 N–H and O–H groups in total. The summed E-state index contributed by atoms with van der Waals surface area (Å²) in [6.07, 6.45) is 6.72. The first-order chi connectivity index (χ1) is 12.9. The van der Waals surface area contributed by atoms with Crippen molar-refractivity contribution in [3.8, 4) is 0 Å². The minimum Gasteiger partial charge on any atom is -0.323 e. The Morgan fingerprint density at radius 2 is 2.00 bits per heavy atom. The fraction of sp³-hybridized carbons (Fsp3) is 0.684. The smallest absolute Gasteiger partial charge is 0.323 e. The van der Waals surface area contributed by atoms with Gasteiger partial charge in [-0.05, 0) is 38.5 Å². The maximum atomic E-state index is 12.9. The molecule has 1 aliphatic carbocycles. The first-order valence-electron chi connectivity index (χ1n) is 9.89. The molecule has 1 saturated heterocycles. The van der Waals surface area contributed by atoms with Gasteiger partial charge in [-0.15, -0.1) is 0 Å². The molecule has 0 unspecified atom stereocenters. The highest BCUT2D eigenvalue weighted by atomic mass is 16.2. The van der Waals surface area contributed by atoms with Gasteiger partial charge in [0.25, 0.3) is 5.91 Å². The number of nitrogens with one attached hydrogen (secondary N) is 2. The van der Waals surface area contributed by atoms with E-state index in [1.807, 2.05) is 13.8 Å². The minimum atomic E-state index is -0.872. The molecule has 8 nitrogen and oxygen atoms in total. The van der Waals surface area contributed by atoms with Gasteiger partial charge in [-0.1, -0.05) is 26.7 Å². The van der Waals surface area contributed by atoms with Crippen molar-refractivity contribution in [1.29, 1.82) is 0 Å². The van der Waals surface area contributed by atoms with Crippen LogP contribution in [0.2, 0.25) is 0 Å². The van der Waals surface area contributed by atoms with Crippen LogP contribution in [0.3, 0.4) is 0 Å². The first kappa shape index (κ1) is 19.4. The van der Waals surface area contributed by atoms with E-state index in [0.717, 1.165) is 17.7 Å². The summed E-state index contributed by atoms with van der Waals surface area (Å²) in [4.78, 5) is 38.8. The molecular weight excluding hydrogens is 346 g/mol. The lowest BCUT2D eigenvalue weighted by molar-refractivity contribution is -0.134. The van der Waals surface area contributed by atoms with E-state index in [2.05, 4.69) is 22.7 Å². The van der Waals surface area contributed by atoms with Gasteiger partial charge in [0, 0.05) is 6.07 Å². The molecule has 2 fully saturated rings. The average molecular weight is 375 g/mol. The van der Waals surface area contributed by atoms with E-state index in [-0.39, 0.29) is 18.5 Å². The third-order valence-electron chi connectivity index (χ3n) is 5.53. The van der Waals surface area contributed by atoms with E-state index in [9.17, 15) is 14.4 Å². The molecule has 8 heteroatoms. The number of aromatic nitrogens is 2. The third kappa shape index (κ3) is 3.84. The molecule has 3 rings (SSSR count). The van der Waals surface area contributed by atoms with Crippen molar-refractivity contribution < 1.29 is 14.4 Å². The molecule has 0 radical (unpaired) electrons. The lowest BCUT2D eigenvalue weighted by Crippen LogP contribution is -2.47. The van der Waals surface area contributed by atoms with E-state index >= 15 is 0 Å². The number of nitrogens with zero attached hydrogens (tertiary/aromatic N) is 3. The normalized spacial score (nSPS) is 19.9. The minimum absolute atomic E-state index is 0.216. The highest BCUT2D eigenvalue weighted by molar-refractivity contribution is 6.10. The van der Waals surface area contributed by atoms with E-state index in [0.29, 0.717) is 24.6 Å². The maximum Gasteiger partial charge on any atom is 0.325 e. The summed E-state index contributed by atoms with van der Waals surface area (Å²) in [7, 11) is 0. The molecule has 0 spiro atoms. The number of urea groups is 1. The second kappa shape index (κ2) is 7.70. The van der Waals surface area contributed by atoms with Crippen molar-refractivity contribution >= 4 is 23.7 Å². The number of hydrogen-bond acceptors (Lipinski definition) is 4. The van der Waals surface area contributed by atoms with Gasteiger partial charge in [0.2, 0.25) is 5.91 Å². The number of carbonyl (C=O) groups is 3. The van der Waals surface area contributed by atoms with Crippen molar-refractivity contribution in [2.75, 3.05) is 11.9 Å². The fourth-order valence-corrected chi connectivity index (χ4v) is 3.98. The largest absolute Gasteiger partial charge is 0.325 e. The van der Waals surface area contributed by atoms with Crippen LogP contribution in [0.5, 0.6) is 0 Å². The van der Waals surface area contributed by atoms with Gasteiger partial charge in [-0.25, -0.2) is 9.48 Å². The summed E-state index contributed by atoms with van der Waals surface area (Å²) in [5.74, 6) is 0.494. The number of imide groups is 1. The SMILES string of the molecule is CCCC1(CCC)NC(=O)N(CC(=O)Nc2ccnn2[C@@H](C)C2CC2)C1=O. The predicted molar refractivity (Wildman–Crippen MR) is 101 cm³/mol. The van der Waals surface area contributed by atoms with Crippen LogP contribution in [0.1, 0.15) is 65.3 Å². The Kier molecular flexibility index (Phi) is 5.53. The summed E-state index contributed by atoms with van der Waals surface area (Å²) in [6.45, 7) is 5.76. The first-order valence-corrected chi connectivity index (χ1v) is 9.89. The summed E-state index contributed by atoms with van der Waals surface area (Å²) < 4.78 is 1.81. The van der Waals surface area contributed by atoms with Crippen LogP contribution in [-0.2, 0) is 9.59 Å². The zero-order valence-corrected chi connectivity index (χ0v) is 16.3. The van der Waals surface area contributed by atoms with Crippen LogP contribution in [0.15, 0.2) is 12.3 Å². The molecule has 27 heavy (non-hydrogen) atoms. The molecule has 4 amide bonds. The van der Waals surface area contributed by atoms with Crippen LogP contribution in [0, 0.1) is 5.92 Å².